The number of allylic oxidation sites excluding steroid dienone is 4. The van der Waals surface area contributed by atoms with E-state index in [2.05, 4.69) is 54.5 Å². The molecule has 0 aliphatic heterocycles. The molecule has 1 aliphatic carbocycles. The monoisotopic (exact) mass is 220 g/mol. The molecule has 0 saturated carbocycles. The molecule has 1 unspecified atom stereocenters. The predicted molar refractivity (Wildman–Crippen MR) is 69.2 cm³/mol. The molecule has 0 aromatic heterocycles. The SMILES string of the molecule is CC1=CC(C(C)(C)C)C(=O)C(C(C)(C)C)=C1. The fourth-order valence-corrected chi connectivity index (χ4v) is 2.08. The van der Waals surface area contributed by atoms with Crippen molar-refractivity contribution in [3.05, 3.63) is 23.3 Å². The van der Waals surface area contributed by atoms with Crippen LogP contribution < -0.4 is 0 Å². The third kappa shape index (κ3) is 2.63. The average molecular weight is 220 g/mol. The van der Waals surface area contributed by atoms with E-state index in [0.717, 1.165) is 5.57 Å². The molecule has 0 aromatic rings. The number of rotatable bonds is 0. The van der Waals surface area contributed by atoms with Gasteiger partial charge in [-0.2, -0.15) is 0 Å². The molecule has 1 aliphatic rings. The van der Waals surface area contributed by atoms with Crippen molar-refractivity contribution in [3.8, 4) is 0 Å². The minimum atomic E-state index is -0.0594. The van der Waals surface area contributed by atoms with Crippen molar-refractivity contribution in [2.24, 2.45) is 16.7 Å². The van der Waals surface area contributed by atoms with Crippen molar-refractivity contribution >= 4 is 5.78 Å². The first-order chi connectivity index (χ1) is 7.03. The van der Waals surface area contributed by atoms with E-state index in [1.54, 1.807) is 0 Å². The highest BCUT2D eigenvalue weighted by Gasteiger charge is 2.36. The van der Waals surface area contributed by atoms with Crippen LogP contribution in [0, 0.1) is 16.7 Å². The van der Waals surface area contributed by atoms with Gasteiger partial charge < -0.3 is 0 Å². The van der Waals surface area contributed by atoms with Crippen LogP contribution in [0.3, 0.4) is 0 Å². The van der Waals surface area contributed by atoms with Crippen molar-refractivity contribution in [1.82, 2.24) is 0 Å². The fraction of sp³-hybridized carbons (Fsp3) is 0.667. The summed E-state index contributed by atoms with van der Waals surface area (Å²) < 4.78 is 0. The Balaban J connectivity index is 3.19. The van der Waals surface area contributed by atoms with E-state index < -0.39 is 0 Å². The molecule has 0 saturated heterocycles. The van der Waals surface area contributed by atoms with E-state index in [0.29, 0.717) is 5.78 Å². The van der Waals surface area contributed by atoms with Gasteiger partial charge in [-0.3, -0.25) is 4.79 Å². The molecule has 0 bridgehead atoms. The van der Waals surface area contributed by atoms with Gasteiger partial charge in [0.2, 0.25) is 0 Å². The van der Waals surface area contributed by atoms with E-state index in [9.17, 15) is 4.79 Å². The van der Waals surface area contributed by atoms with Crippen molar-refractivity contribution in [2.45, 2.75) is 48.5 Å². The van der Waals surface area contributed by atoms with Crippen LogP contribution in [0.4, 0.5) is 0 Å². The lowest BCUT2D eigenvalue weighted by molar-refractivity contribution is -0.121. The second-order valence-corrected chi connectivity index (χ2v) is 6.93. The van der Waals surface area contributed by atoms with E-state index in [4.69, 9.17) is 0 Å². The molecule has 0 heterocycles. The zero-order valence-electron chi connectivity index (χ0n) is 11.6. The van der Waals surface area contributed by atoms with Crippen LogP contribution in [-0.4, -0.2) is 5.78 Å². The number of ketones is 1. The molecule has 90 valence electrons. The topological polar surface area (TPSA) is 17.1 Å². The molecule has 0 radical (unpaired) electrons. The van der Waals surface area contributed by atoms with Crippen LogP contribution >= 0.6 is 0 Å². The second-order valence-electron chi connectivity index (χ2n) is 6.93. The highest BCUT2D eigenvalue weighted by molar-refractivity contribution is 6.01. The van der Waals surface area contributed by atoms with Crippen LogP contribution in [-0.2, 0) is 4.79 Å². The van der Waals surface area contributed by atoms with Gasteiger partial charge in [-0.05, 0) is 17.8 Å². The largest absolute Gasteiger partial charge is 0.294 e. The maximum absolute atomic E-state index is 12.5. The summed E-state index contributed by atoms with van der Waals surface area (Å²) >= 11 is 0. The summed E-state index contributed by atoms with van der Waals surface area (Å²) in [6.07, 6.45) is 4.15. The number of hydrogen-bond acceptors (Lipinski definition) is 1. The third-order valence-corrected chi connectivity index (χ3v) is 3.09. The lowest BCUT2D eigenvalue weighted by Crippen LogP contribution is -2.34. The maximum Gasteiger partial charge on any atom is 0.166 e. The van der Waals surface area contributed by atoms with Gasteiger partial charge in [0.1, 0.15) is 0 Å². The summed E-state index contributed by atoms with van der Waals surface area (Å²) in [4.78, 5) is 12.5. The molecule has 1 atom stereocenters. The van der Waals surface area contributed by atoms with Crippen LogP contribution in [0.1, 0.15) is 48.5 Å². The Labute approximate surface area is 99.6 Å². The van der Waals surface area contributed by atoms with Crippen LogP contribution in [0.15, 0.2) is 23.3 Å². The lowest BCUT2D eigenvalue weighted by Gasteiger charge is -2.34. The Morgan fingerprint density at radius 3 is 1.94 bits per heavy atom. The summed E-state index contributed by atoms with van der Waals surface area (Å²) in [6.45, 7) is 14.8. The Morgan fingerprint density at radius 1 is 1.06 bits per heavy atom. The Hall–Kier alpha value is -0.850. The number of carbonyl (C=O) groups excluding carboxylic acids is 1. The van der Waals surface area contributed by atoms with Crippen molar-refractivity contribution < 1.29 is 4.79 Å². The Kier molecular flexibility index (Phi) is 3.20. The molecule has 0 amide bonds. The molecular weight excluding hydrogens is 196 g/mol. The maximum atomic E-state index is 12.5. The first-order valence-corrected chi connectivity index (χ1v) is 5.98. The molecule has 1 nitrogen and oxygen atoms in total. The zero-order valence-corrected chi connectivity index (χ0v) is 11.6. The predicted octanol–water partition coefficient (Wildman–Crippen LogP) is 4.15. The van der Waals surface area contributed by atoms with E-state index in [1.165, 1.54) is 5.57 Å². The molecule has 1 rings (SSSR count). The number of carbonyl (C=O) groups is 1. The van der Waals surface area contributed by atoms with Crippen molar-refractivity contribution in [2.75, 3.05) is 0 Å². The van der Waals surface area contributed by atoms with Gasteiger partial charge in [0.25, 0.3) is 0 Å². The average Bonchev–Trinajstić information content (AvgIpc) is 2.04. The normalized spacial score (nSPS) is 22.9. The molecule has 1 heteroatoms. The van der Waals surface area contributed by atoms with E-state index in [-0.39, 0.29) is 16.7 Å². The minimum Gasteiger partial charge on any atom is -0.294 e. The second kappa shape index (κ2) is 3.87. The number of Topliss-reactive ketones (excluding diaryl/α,β-unsaturated/α-hetero) is 1. The fourth-order valence-electron chi connectivity index (χ4n) is 2.08. The third-order valence-electron chi connectivity index (χ3n) is 3.09. The summed E-state index contributed by atoms with van der Waals surface area (Å²) in [6, 6.07) is 0. The van der Waals surface area contributed by atoms with Crippen molar-refractivity contribution in [3.63, 3.8) is 0 Å². The van der Waals surface area contributed by atoms with Gasteiger partial charge in [0.05, 0.1) is 0 Å². The molecule has 0 N–H and O–H groups in total. The van der Waals surface area contributed by atoms with E-state index in [1.807, 2.05) is 6.08 Å². The van der Waals surface area contributed by atoms with Gasteiger partial charge in [0.15, 0.2) is 5.78 Å². The van der Waals surface area contributed by atoms with Gasteiger partial charge in [-0.25, -0.2) is 0 Å². The van der Waals surface area contributed by atoms with Crippen LogP contribution in [0.5, 0.6) is 0 Å². The van der Waals surface area contributed by atoms with Crippen molar-refractivity contribution in [1.29, 1.82) is 0 Å². The summed E-state index contributed by atoms with van der Waals surface area (Å²) in [5.74, 6) is 0.317. The first-order valence-electron chi connectivity index (χ1n) is 5.98. The summed E-state index contributed by atoms with van der Waals surface area (Å²) in [5.41, 5.74) is 2.12. The minimum absolute atomic E-state index is 0.00308. The molecule has 0 aromatic carbocycles. The van der Waals surface area contributed by atoms with Crippen LogP contribution in [0.25, 0.3) is 0 Å². The van der Waals surface area contributed by atoms with Crippen LogP contribution in [0.2, 0.25) is 0 Å². The molecule has 0 fully saturated rings. The molecule has 0 spiro atoms. The van der Waals surface area contributed by atoms with E-state index >= 15 is 0 Å². The lowest BCUT2D eigenvalue weighted by atomic mass is 9.68. The smallest absolute Gasteiger partial charge is 0.166 e. The Morgan fingerprint density at radius 2 is 1.56 bits per heavy atom. The first kappa shape index (κ1) is 13.2. The quantitative estimate of drug-likeness (QED) is 0.599. The van der Waals surface area contributed by atoms with Gasteiger partial charge in [-0.1, -0.05) is 59.3 Å². The number of hydrogen-bond donors (Lipinski definition) is 0. The molecule has 16 heavy (non-hydrogen) atoms. The Bertz CT molecular complexity index is 356. The van der Waals surface area contributed by atoms with Gasteiger partial charge in [-0.15, -0.1) is 0 Å². The summed E-state index contributed by atoms with van der Waals surface area (Å²) in [7, 11) is 0. The van der Waals surface area contributed by atoms with Gasteiger partial charge in [0, 0.05) is 11.5 Å². The standard InChI is InChI=1S/C15H24O/c1-10-8-11(14(2,3)4)13(16)12(9-10)15(5,6)7/h8-9,11H,1-7H3. The highest BCUT2D eigenvalue weighted by atomic mass is 16.1. The summed E-state index contributed by atoms with van der Waals surface area (Å²) in [5, 5.41) is 0. The van der Waals surface area contributed by atoms with Gasteiger partial charge >= 0.3 is 0 Å². The zero-order chi connectivity index (χ0) is 12.7. The highest BCUT2D eigenvalue weighted by Crippen LogP contribution is 2.39. The molecular formula is C15H24O.